The van der Waals surface area contributed by atoms with Crippen LogP contribution in [0.5, 0.6) is 0 Å². The Morgan fingerprint density at radius 1 is 1.20 bits per heavy atom. The number of imidazole rings is 1. The molecule has 1 aromatic carbocycles. The van der Waals surface area contributed by atoms with Crippen molar-refractivity contribution in [3.63, 3.8) is 0 Å². The Kier molecular flexibility index (Phi) is 4.42. The number of aromatic nitrogens is 3. The minimum Gasteiger partial charge on any atom is -0.465 e. The molecular weight excluding hydrogens is 382 g/mol. The largest absolute Gasteiger partial charge is 0.465 e. The van der Waals surface area contributed by atoms with Gasteiger partial charge in [0.25, 0.3) is 0 Å². The summed E-state index contributed by atoms with van der Waals surface area (Å²) < 4.78 is 6.77. The summed E-state index contributed by atoms with van der Waals surface area (Å²) in [4.78, 5) is 35.3. The van der Waals surface area contributed by atoms with E-state index in [0.29, 0.717) is 30.4 Å². The lowest BCUT2D eigenvalue weighted by Crippen LogP contribution is -2.41. The van der Waals surface area contributed by atoms with E-state index in [4.69, 9.17) is 15.5 Å². The molecule has 0 bridgehead atoms. The van der Waals surface area contributed by atoms with Gasteiger partial charge >= 0.3 is 5.97 Å². The summed E-state index contributed by atoms with van der Waals surface area (Å²) in [6.07, 6.45) is 7.13. The van der Waals surface area contributed by atoms with Crippen LogP contribution in [0.15, 0.2) is 36.7 Å². The highest BCUT2D eigenvalue weighted by atomic mass is 16.5. The van der Waals surface area contributed by atoms with Crippen LogP contribution in [-0.2, 0) is 9.53 Å². The molecule has 2 N–H and O–H groups in total. The third-order valence-electron chi connectivity index (χ3n) is 6.27. The van der Waals surface area contributed by atoms with Crippen LogP contribution in [0.2, 0.25) is 0 Å². The van der Waals surface area contributed by atoms with E-state index >= 15 is 0 Å². The summed E-state index contributed by atoms with van der Waals surface area (Å²) >= 11 is 0. The average Bonchev–Trinajstić information content (AvgIpc) is 3.35. The van der Waals surface area contributed by atoms with Crippen LogP contribution >= 0.6 is 0 Å². The molecule has 154 valence electrons. The summed E-state index contributed by atoms with van der Waals surface area (Å²) in [6.45, 7) is 0.686. The highest BCUT2D eigenvalue weighted by Crippen LogP contribution is 2.38. The van der Waals surface area contributed by atoms with Crippen LogP contribution in [0.3, 0.4) is 0 Å². The highest BCUT2D eigenvalue weighted by molar-refractivity contribution is 5.91. The Labute approximate surface area is 173 Å². The molecule has 30 heavy (non-hydrogen) atoms. The number of amides is 1. The standard InChI is InChI=1S/C22H23N5O3/c1-30-22(29)14-4-2-13(3-5-14)18-19-20(23)24-10-11-26(19)21(25-18)15-6-7-16-8-9-17(28)27(16)12-15/h2-5,10-11,15-16H,6-9,12H2,1H3,(H2,23,24)/t15-,16+/m1/s1. The predicted octanol–water partition coefficient (Wildman–Crippen LogP) is 2.63. The molecule has 8 heteroatoms. The predicted molar refractivity (Wildman–Crippen MR) is 111 cm³/mol. The number of piperidine rings is 1. The molecule has 2 aliphatic rings. The number of ether oxygens (including phenoxy) is 1. The van der Waals surface area contributed by atoms with E-state index < -0.39 is 0 Å². The molecule has 5 rings (SSSR count). The van der Waals surface area contributed by atoms with Crippen LogP contribution in [-0.4, -0.2) is 50.8 Å². The van der Waals surface area contributed by atoms with E-state index in [1.165, 1.54) is 7.11 Å². The number of hydrogen-bond donors (Lipinski definition) is 1. The van der Waals surface area contributed by atoms with Gasteiger partial charge in [0.05, 0.1) is 12.7 Å². The zero-order valence-electron chi connectivity index (χ0n) is 16.7. The number of rotatable bonds is 3. The van der Waals surface area contributed by atoms with Gasteiger partial charge < -0.3 is 15.4 Å². The first-order valence-electron chi connectivity index (χ1n) is 10.2. The lowest BCUT2D eigenvalue weighted by atomic mass is 9.92. The minimum atomic E-state index is -0.384. The van der Waals surface area contributed by atoms with E-state index in [2.05, 4.69) is 4.98 Å². The first kappa shape index (κ1) is 18.6. The number of carbonyl (C=O) groups is 2. The first-order chi connectivity index (χ1) is 14.6. The number of benzene rings is 1. The van der Waals surface area contributed by atoms with Crippen LogP contribution in [0, 0.1) is 0 Å². The molecule has 2 aromatic heterocycles. The molecule has 4 heterocycles. The van der Waals surface area contributed by atoms with Crippen LogP contribution in [0.1, 0.15) is 47.8 Å². The lowest BCUT2D eigenvalue weighted by molar-refractivity contribution is -0.130. The lowest BCUT2D eigenvalue weighted by Gasteiger charge is -2.34. The summed E-state index contributed by atoms with van der Waals surface area (Å²) in [5.41, 5.74) is 9.02. The number of carbonyl (C=O) groups excluding carboxylic acids is 2. The molecule has 0 spiro atoms. The van der Waals surface area contributed by atoms with E-state index in [1.807, 2.05) is 27.6 Å². The Balaban J connectivity index is 1.57. The maximum atomic E-state index is 12.3. The number of nitrogens with zero attached hydrogens (tertiary/aromatic N) is 4. The second-order valence-electron chi connectivity index (χ2n) is 7.93. The van der Waals surface area contributed by atoms with Crippen molar-refractivity contribution in [1.82, 2.24) is 19.3 Å². The van der Waals surface area contributed by atoms with Crippen molar-refractivity contribution in [2.75, 3.05) is 19.4 Å². The molecule has 0 saturated carbocycles. The zero-order chi connectivity index (χ0) is 20.8. The van der Waals surface area contributed by atoms with Gasteiger partial charge in [0.15, 0.2) is 0 Å². The first-order valence-corrected chi connectivity index (χ1v) is 10.2. The quantitative estimate of drug-likeness (QED) is 0.672. The smallest absolute Gasteiger partial charge is 0.337 e. The van der Waals surface area contributed by atoms with Crippen molar-refractivity contribution in [2.45, 2.75) is 37.6 Å². The van der Waals surface area contributed by atoms with Gasteiger partial charge in [-0.15, -0.1) is 0 Å². The fraction of sp³-hybridized carbons (Fsp3) is 0.364. The van der Waals surface area contributed by atoms with Gasteiger partial charge in [-0.25, -0.2) is 14.8 Å². The summed E-state index contributed by atoms with van der Waals surface area (Å²) in [7, 11) is 1.36. The second kappa shape index (κ2) is 7.12. The van der Waals surface area contributed by atoms with Crippen molar-refractivity contribution in [3.8, 4) is 11.3 Å². The topological polar surface area (TPSA) is 103 Å². The van der Waals surface area contributed by atoms with Crippen LogP contribution in [0.4, 0.5) is 5.82 Å². The van der Waals surface area contributed by atoms with E-state index in [1.54, 1.807) is 18.3 Å². The fourth-order valence-corrected chi connectivity index (χ4v) is 4.74. The maximum Gasteiger partial charge on any atom is 0.337 e. The van der Waals surface area contributed by atoms with Gasteiger partial charge in [-0.05, 0) is 31.4 Å². The molecule has 0 aliphatic carbocycles. The van der Waals surface area contributed by atoms with E-state index in [9.17, 15) is 9.59 Å². The molecule has 2 fully saturated rings. The third-order valence-corrected chi connectivity index (χ3v) is 6.27. The molecule has 8 nitrogen and oxygen atoms in total. The van der Waals surface area contributed by atoms with Gasteiger partial charge in [-0.2, -0.15) is 0 Å². The number of nitrogens with two attached hydrogens (primary N) is 1. The monoisotopic (exact) mass is 405 g/mol. The number of fused-ring (bicyclic) bond motifs is 2. The average molecular weight is 405 g/mol. The number of nitrogen functional groups attached to an aromatic ring is 1. The number of anilines is 1. The van der Waals surface area contributed by atoms with Gasteiger partial charge in [-0.1, -0.05) is 12.1 Å². The van der Waals surface area contributed by atoms with Gasteiger partial charge in [0.2, 0.25) is 5.91 Å². The van der Waals surface area contributed by atoms with Crippen molar-refractivity contribution >= 4 is 23.2 Å². The van der Waals surface area contributed by atoms with E-state index in [-0.39, 0.29) is 17.8 Å². The van der Waals surface area contributed by atoms with E-state index in [0.717, 1.165) is 41.9 Å². The van der Waals surface area contributed by atoms with Crippen molar-refractivity contribution in [2.24, 2.45) is 0 Å². The molecule has 0 radical (unpaired) electrons. The number of esters is 1. The van der Waals surface area contributed by atoms with Crippen molar-refractivity contribution < 1.29 is 14.3 Å². The Morgan fingerprint density at radius 2 is 2.00 bits per heavy atom. The normalized spacial score (nSPS) is 21.1. The minimum absolute atomic E-state index is 0.140. The Bertz CT molecular complexity index is 1140. The maximum absolute atomic E-state index is 12.3. The molecule has 0 unspecified atom stereocenters. The van der Waals surface area contributed by atoms with Crippen molar-refractivity contribution in [1.29, 1.82) is 0 Å². The summed E-state index contributed by atoms with van der Waals surface area (Å²) in [5, 5.41) is 0. The highest BCUT2D eigenvalue weighted by Gasteiger charge is 2.38. The van der Waals surface area contributed by atoms with Gasteiger partial charge in [0.1, 0.15) is 22.9 Å². The summed E-state index contributed by atoms with van der Waals surface area (Å²) in [5.74, 6) is 1.29. The molecule has 2 atom stereocenters. The van der Waals surface area contributed by atoms with Crippen LogP contribution in [0.25, 0.3) is 16.8 Å². The molecule has 3 aromatic rings. The Hall–Kier alpha value is -3.42. The number of methoxy groups -OCH3 is 1. The van der Waals surface area contributed by atoms with Crippen molar-refractivity contribution in [3.05, 3.63) is 48.0 Å². The Morgan fingerprint density at radius 3 is 2.77 bits per heavy atom. The number of hydrogen-bond acceptors (Lipinski definition) is 6. The molecule has 1 amide bonds. The fourth-order valence-electron chi connectivity index (χ4n) is 4.74. The summed E-state index contributed by atoms with van der Waals surface area (Å²) in [6, 6.07) is 7.48. The van der Waals surface area contributed by atoms with Gasteiger partial charge in [-0.3, -0.25) is 9.20 Å². The van der Waals surface area contributed by atoms with Crippen LogP contribution < -0.4 is 5.73 Å². The zero-order valence-corrected chi connectivity index (χ0v) is 16.7. The molecular formula is C22H23N5O3. The SMILES string of the molecule is COC(=O)c1ccc(-c2nc([C@@H]3CC[C@H]4CCC(=O)N4C3)n3ccnc(N)c23)cc1. The molecule has 2 aliphatic heterocycles. The molecule has 2 saturated heterocycles. The third kappa shape index (κ3) is 2.91. The van der Waals surface area contributed by atoms with Gasteiger partial charge in [0, 0.05) is 42.9 Å². The second-order valence-corrected chi connectivity index (χ2v) is 7.93.